The lowest BCUT2D eigenvalue weighted by molar-refractivity contribution is 0.234. The number of ether oxygens (including phenoxy) is 1. The molecule has 2 rings (SSSR count). The normalized spacial score (nSPS) is 16.1. The quantitative estimate of drug-likeness (QED) is 0.700. The largest absolute Gasteiger partial charge is 0.492 e. The third-order valence-electron chi connectivity index (χ3n) is 3.39. The van der Waals surface area contributed by atoms with Gasteiger partial charge in [-0.25, -0.2) is 0 Å². The lowest BCUT2D eigenvalue weighted by Crippen LogP contribution is -2.13. The Labute approximate surface area is 125 Å². The lowest BCUT2D eigenvalue weighted by Gasteiger charge is -2.17. The van der Waals surface area contributed by atoms with Gasteiger partial charge in [0, 0.05) is 27.2 Å². The van der Waals surface area contributed by atoms with Crippen LogP contribution in [-0.2, 0) is 5.33 Å². The number of alkyl halides is 1. The van der Waals surface area contributed by atoms with Gasteiger partial charge in [0.05, 0.1) is 12.7 Å². The fourth-order valence-corrected chi connectivity index (χ4v) is 3.08. The summed E-state index contributed by atoms with van der Waals surface area (Å²) >= 11 is 6.99. The summed E-state index contributed by atoms with van der Waals surface area (Å²) in [6.07, 6.45) is 2.83. The molecule has 0 saturated heterocycles. The van der Waals surface area contributed by atoms with Gasteiger partial charge in [-0.15, -0.1) is 0 Å². The molecule has 0 bridgehead atoms. The summed E-state index contributed by atoms with van der Waals surface area (Å²) in [5.74, 6) is 0.958. The van der Waals surface area contributed by atoms with Gasteiger partial charge in [0.15, 0.2) is 0 Å². The number of rotatable bonds is 5. The molecule has 2 nitrogen and oxygen atoms in total. The number of hydrogen-bond donors (Lipinski definition) is 0. The SMILES string of the molecule is Cc1cc(Br)cc(CBr)c1OCC1(CC#N)CC1. The van der Waals surface area contributed by atoms with E-state index in [0.29, 0.717) is 13.0 Å². The molecular formula is C14H15Br2NO. The van der Waals surface area contributed by atoms with Crippen LogP contribution in [0.15, 0.2) is 16.6 Å². The van der Waals surface area contributed by atoms with E-state index in [2.05, 4.69) is 57.0 Å². The van der Waals surface area contributed by atoms with E-state index in [1.54, 1.807) is 0 Å². The standard InChI is InChI=1S/C14H15Br2NO/c1-10-6-12(16)7-11(8-15)13(10)18-9-14(2-3-14)4-5-17/h6-7H,2-4,8-9H2,1H3. The molecule has 1 fully saturated rings. The third kappa shape index (κ3) is 3.07. The molecule has 0 N–H and O–H groups in total. The Balaban J connectivity index is 2.12. The number of benzene rings is 1. The number of hydrogen-bond acceptors (Lipinski definition) is 2. The highest BCUT2D eigenvalue weighted by Gasteiger charge is 2.43. The third-order valence-corrected chi connectivity index (χ3v) is 4.46. The molecule has 0 aliphatic heterocycles. The Hall–Kier alpha value is -0.530. The maximum atomic E-state index is 8.81. The van der Waals surface area contributed by atoms with Crippen molar-refractivity contribution >= 4 is 31.9 Å². The number of halogens is 2. The van der Waals surface area contributed by atoms with E-state index < -0.39 is 0 Å². The average molecular weight is 373 g/mol. The summed E-state index contributed by atoms with van der Waals surface area (Å²) in [5.41, 5.74) is 2.40. The second-order valence-corrected chi connectivity index (χ2v) is 6.44. The molecule has 4 heteroatoms. The zero-order valence-corrected chi connectivity index (χ0v) is 13.5. The van der Waals surface area contributed by atoms with Crippen molar-refractivity contribution in [1.29, 1.82) is 5.26 Å². The monoisotopic (exact) mass is 371 g/mol. The van der Waals surface area contributed by atoms with Crippen LogP contribution in [0.3, 0.4) is 0 Å². The van der Waals surface area contributed by atoms with Gasteiger partial charge in [-0.2, -0.15) is 5.26 Å². The Bertz CT molecular complexity index is 489. The highest BCUT2D eigenvalue weighted by atomic mass is 79.9. The van der Waals surface area contributed by atoms with Crippen LogP contribution in [-0.4, -0.2) is 6.61 Å². The molecule has 0 radical (unpaired) electrons. The predicted octanol–water partition coefficient (Wildman–Crippen LogP) is 4.73. The summed E-state index contributed by atoms with van der Waals surface area (Å²) in [7, 11) is 0. The minimum atomic E-state index is 0.123. The van der Waals surface area contributed by atoms with E-state index in [1.165, 1.54) is 0 Å². The molecular weight excluding hydrogens is 358 g/mol. The number of nitriles is 1. The molecule has 1 aliphatic rings. The van der Waals surface area contributed by atoms with Crippen LogP contribution in [0.5, 0.6) is 5.75 Å². The summed E-state index contributed by atoms with van der Waals surface area (Å²) in [6.45, 7) is 2.71. The second-order valence-electron chi connectivity index (χ2n) is 4.97. The molecule has 0 aromatic heterocycles. The van der Waals surface area contributed by atoms with Crippen molar-refractivity contribution in [2.75, 3.05) is 6.61 Å². The number of aryl methyl sites for hydroxylation is 1. The topological polar surface area (TPSA) is 33.0 Å². The van der Waals surface area contributed by atoms with Crippen molar-refractivity contribution in [1.82, 2.24) is 0 Å². The van der Waals surface area contributed by atoms with Crippen LogP contribution in [0, 0.1) is 23.7 Å². The van der Waals surface area contributed by atoms with Crippen molar-refractivity contribution in [3.05, 3.63) is 27.7 Å². The minimum absolute atomic E-state index is 0.123. The highest BCUT2D eigenvalue weighted by Crippen LogP contribution is 2.49. The van der Waals surface area contributed by atoms with Gasteiger partial charge in [0.25, 0.3) is 0 Å². The first-order chi connectivity index (χ1) is 8.60. The maximum absolute atomic E-state index is 8.81. The first kappa shape index (κ1) is 13.9. The first-order valence-corrected chi connectivity index (χ1v) is 7.86. The van der Waals surface area contributed by atoms with Crippen molar-refractivity contribution in [2.24, 2.45) is 5.41 Å². The average Bonchev–Trinajstić information content (AvgIpc) is 3.07. The minimum Gasteiger partial charge on any atom is -0.492 e. The molecule has 1 aromatic rings. The Kier molecular flexibility index (Phi) is 4.34. The second kappa shape index (κ2) is 5.63. The smallest absolute Gasteiger partial charge is 0.126 e. The van der Waals surface area contributed by atoms with Crippen LogP contribution >= 0.6 is 31.9 Å². The van der Waals surface area contributed by atoms with Gasteiger partial charge in [-0.05, 0) is 37.5 Å². The Morgan fingerprint density at radius 1 is 1.44 bits per heavy atom. The first-order valence-electron chi connectivity index (χ1n) is 5.95. The van der Waals surface area contributed by atoms with E-state index in [1.807, 2.05) is 0 Å². The van der Waals surface area contributed by atoms with E-state index in [-0.39, 0.29) is 5.41 Å². The van der Waals surface area contributed by atoms with Gasteiger partial charge in [0.2, 0.25) is 0 Å². The Morgan fingerprint density at radius 3 is 2.72 bits per heavy atom. The van der Waals surface area contributed by atoms with E-state index in [9.17, 15) is 0 Å². The summed E-state index contributed by atoms with van der Waals surface area (Å²) in [5, 5.41) is 9.58. The van der Waals surface area contributed by atoms with E-state index in [0.717, 1.165) is 39.5 Å². The molecule has 0 amide bonds. The van der Waals surface area contributed by atoms with Gasteiger partial charge < -0.3 is 4.74 Å². The predicted molar refractivity (Wildman–Crippen MR) is 78.9 cm³/mol. The van der Waals surface area contributed by atoms with Crippen molar-refractivity contribution in [3.8, 4) is 11.8 Å². The summed E-state index contributed by atoms with van der Waals surface area (Å²) < 4.78 is 7.06. The highest BCUT2D eigenvalue weighted by molar-refractivity contribution is 9.10. The zero-order chi connectivity index (χ0) is 13.2. The Morgan fingerprint density at radius 2 is 2.17 bits per heavy atom. The fourth-order valence-electron chi connectivity index (χ4n) is 2.05. The van der Waals surface area contributed by atoms with Crippen molar-refractivity contribution in [2.45, 2.75) is 31.5 Å². The molecule has 0 atom stereocenters. The van der Waals surface area contributed by atoms with Crippen LogP contribution in [0.1, 0.15) is 30.4 Å². The van der Waals surface area contributed by atoms with Crippen molar-refractivity contribution < 1.29 is 4.74 Å². The van der Waals surface area contributed by atoms with Gasteiger partial charge in [-0.1, -0.05) is 31.9 Å². The molecule has 18 heavy (non-hydrogen) atoms. The summed E-state index contributed by atoms with van der Waals surface area (Å²) in [4.78, 5) is 0. The van der Waals surface area contributed by atoms with E-state index >= 15 is 0 Å². The maximum Gasteiger partial charge on any atom is 0.126 e. The summed E-state index contributed by atoms with van der Waals surface area (Å²) in [6, 6.07) is 6.39. The van der Waals surface area contributed by atoms with Crippen molar-refractivity contribution in [3.63, 3.8) is 0 Å². The molecule has 0 heterocycles. The van der Waals surface area contributed by atoms with Crippen LogP contribution in [0.2, 0.25) is 0 Å². The fraction of sp³-hybridized carbons (Fsp3) is 0.500. The van der Waals surface area contributed by atoms with Crippen LogP contribution < -0.4 is 4.74 Å². The molecule has 96 valence electrons. The molecule has 0 unspecified atom stereocenters. The zero-order valence-electron chi connectivity index (χ0n) is 10.3. The molecule has 1 saturated carbocycles. The van der Waals surface area contributed by atoms with Gasteiger partial charge in [0.1, 0.15) is 5.75 Å². The van der Waals surface area contributed by atoms with Gasteiger partial charge in [-0.3, -0.25) is 0 Å². The lowest BCUT2D eigenvalue weighted by atomic mass is 10.1. The van der Waals surface area contributed by atoms with E-state index in [4.69, 9.17) is 10.00 Å². The number of nitrogens with zero attached hydrogens (tertiary/aromatic N) is 1. The molecule has 1 aliphatic carbocycles. The molecule has 0 spiro atoms. The molecule has 1 aromatic carbocycles. The van der Waals surface area contributed by atoms with Crippen LogP contribution in [0.4, 0.5) is 0 Å². The van der Waals surface area contributed by atoms with Gasteiger partial charge >= 0.3 is 0 Å². The van der Waals surface area contributed by atoms with Crippen LogP contribution in [0.25, 0.3) is 0 Å².